The number of hydrogen-bond donors (Lipinski definition) is 3. The molecule has 0 saturated heterocycles. The Hall–Kier alpha value is -2.86. The molecule has 3 N–H and O–H groups in total. The highest BCUT2D eigenvalue weighted by Gasteiger charge is 2.28. The van der Waals surface area contributed by atoms with E-state index in [2.05, 4.69) is 34.9 Å². The number of carboxylic acids is 1. The molecule has 2 aromatic rings. The van der Waals surface area contributed by atoms with E-state index in [9.17, 15) is 9.59 Å². The van der Waals surface area contributed by atoms with Crippen LogP contribution in [0, 0.1) is 0 Å². The number of rotatable bonds is 7. The molecule has 0 bridgehead atoms. The molecule has 1 amide bonds. The quantitative estimate of drug-likeness (QED) is 0.665. The van der Waals surface area contributed by atoms with Gasteiger partial charge < -0.3 is 20.5 Å². The molecule has 26 heavy (non-hydrogen) atoms. The van der Waals surface area contributed by atoms with Crippen LogP contribution in [0.3, 0.4) is 0 Å². The molecule has 0 heterocycles. The maximum absolute atomic E-state index is 11.9. The van der Waals surface area contributed by atoms with Crippen LogP contribution in [-0.4, -0.2) is 42.9 Å². The normalized spacial score (nSPS) is 13.6. The molecule has 1 aliphatic rings. The number of ether oxygens (including phenoxy) is 1. The highest BCUT2D eigenvalue weighted by Crippen LogP contribution is 2.44. The minimum absolute atomic E-state index is 0.0262. The smallest absolute Gasteiger partial charge is 0.407 e. The van der Waals surface area contributed by atoms with Crippen LogP contribution >= 0.6 is 0 Å². The van der Waals surface area contributed by atoms with E-state index in [4.69, 9.17) is 9.84 Å². The summed E-state index contributed by atoms with van der Waals surface area (Å²) in [5.41, 5.74) is 4.70. The SMILES string of the molecule is CC(NCCNC(=O)OCC1c2ccccc2-c2ccccc21)C(=O)O. The number of fused-ring (bicyclic) bond motifs is 3. The van der Waals surface area contributed by atoms with Gasteiger partial charge in [-0.3, -0.25) is 4.79 Å². The lowest BCUT2D eigenvalue weighted by atomic mass is 9.98. The topological polar surface area (TPSA) is 87.7 Å². The minimum atomic E-state index is -0.925. The zero-order valence-electron chi connectivity index (χ0n) is 14.6. The number of alkyl carbamates (subject to hydrolysis) is 1. The molecule has 1 unspecified atom stereocenters. The van der Waals surface area contributed by atoms with Gasteiger partial charge in [0.1, 0.15) is 12.6 Å². The van der Waals surface area contributed by atoms with Gasteiger partial charge in [-0.15, -0.1) is 0 Å². The Morgan fingerprint density at radius 1 is 1.04 bits per heavy atom. The number of nitrogens with one attached hydrogen (secondary N) is 2. The number of carbonyl (C=O) groups excluding carboxylic acids is 1. The minimum Gasteiger partial charge on any atom is -0.480 e. The third kappa shape index (κ3) is 3.86. The van der Waals surface area contributed by atoms with E-state index in [1.807, 2.05) is 24.3 Å². The van der Waals surface area contributed by atoms with Crippen molar-refractivity contribution in [1.29, 1.82) is 0 Å². The largest absolute Gasteiger partial charge is 0.480 e. The van der Waals surface area contributed by atoms with Crippen LogP contribution in [0.5, 0.6) is 0 Å². The fourth-order valence-electron chi connectivity index (χ4n) is 3.19. The highest BCUT2D eigenvalue weighted by atomic mass is 16.5. The maximum atomic E-state index is 11.9. The summed E-state index contributed by atoms with van der Waals surface area (Å²) in [6, 6.07) is 15.7. The first-order valence-electron chi connectivity index (χ1n) is 8.63. The third-order valence-electron chi connectivity index (χ3n) is 4.56. The summed E-state index contributed by atoms with van der Waals surface area (Å²) >= 11 is 0. The number of benzene rings is 2. The fourth-order valence-corrected chi connectivity index (χ4v) is 3.19. The number of carbonyl (C=O) groups is 2. The van der Waals surface area contributed by atoms with Crippen LogP contribution in [0.4, 0.5) is 4.79 Å². The summed E-state index contributed by atoms with van der Waals surface area (Å²) in [6.45, 7) is 2.47. The molecule has 1 atom stereocenters. The Morgan fingerprint density at radius 3 is 2.19 bits per heavy atom. The Bertz CT molecular complexity index is 760. The molecule has 0 fully saturated rings. The van der Waals surface area contributed by atoms with E-state index in [-0.39, 0.29) is 12.5 Å². The fraction of sp³-hybridized carbons (Fsp3) is 0.300. The average Bonchev–Trinajstić information content (AvgIpc) is 2.97. The molecular formula is C20H22N2O4. The van der Waals surface area contributed by atoms with Crippen molar-refractivity contribution in [2.24, 2.45) is 0 Å². The lowest BCUT2D eigenvalue weighted by Crippen LogP contribution is -2.39. The van der Waals surface area contributed by atoms with Gasteiger partial charge >= 0.3 is 12.1 Å². The zero-order chi connectivity index (χ0) is 18.5. The first-order valence-corrected chi connectivity index (χ1v) is 8.63. The maximum Gasteiger partial charge on any atom is 0.407 e. The predicted octanol–water partition coefficient (Wildman–Crippen LogP) is 2.59. The zero-order valence-corrected chi connectivity index (χ0v) is 14.6. The molecule has 6 nitrogen and oxygen atoms in total. The second-order valence-electron chi connectivity index (χ2n) is 6.27. The van der Waals surface area contributed by atoms with Crippen molar-refractivity contribution in [3.8, 4) is 11.1 Å². The third-order valence-corrected chi connectivity index (χ3v) is 4.56. The summed E-state index contributed by atoms with van der Waals surface area (Å²) in [5.74, 6) is -0.899. The van der Waals surface area contributed by atoms with Gasteiger partial charge in [-0.25, -0.2) is 4.79 Å². The van der Waals surface area contributed by atoms with Crippen LogP contribution < -0.4 is 10.6 Å². The molecule has 6 heteroatoms. The Balaban J connectivity index is 1.53. The van der Waals surface area contributed by atoms with Gasteiger partial charge in [0.15, 0.2) is 0 Å². The lowest BCUT2D eigenvalue weighted by Gasteiger charge is -2.15. The van der Waals surface area contributed by atoms with Crippen LogP contribution in [0.2, 0.25) is 0 Å². The predicted molar refractivity (Wildman–Crippen MR) is 98.2 cm³/mol. The second-order valence-corrected chi connectivity index (χ2v) is 6.27. The number of carboxylic acid groups (broad SMARTS) is 1. The van der Waals surface area contributed by atoms with Gasteiger partial charge in [0, 0.05) is 19.0 Å². The monoisotopic (exact) mass is 354 g/mol. The van der Waals surface area contributed by atoms with Crippen LogP contribution in [-0.2, 0) is 9.53 Å². The van der Waals surface area contributed by atoms with Gasteiger partial charge in [-0.05, 0) is 29.2 Å². The number of amides is 1. The van der Waals surface area contributed by atoms with Gasteiger partial charge in [-0.2, -0.15) is 0 Å². The molecule has 0 spiro atoms. The van der Waals surface area contributed by atoms with Crippen molar-refractivity contribution >= 4 is 12.1 Å². The van der Waals surface area contributed by atoms with Gasteiger partial charge in [0.2, 0.25) is 0 Å². The Morgan fingerprint density at radius 2 is 1.62 bits per heavy atom. The highest BCUT2D eigenvalue weighted by molar-refractivity contribution is 5.79. The van der Waals surface area contributed by atoms with E-state index in [0.29, 0.717) is 13.1 Å². The van der Waals surface area contributed by atoms with E-state index in [1.165, 1.54) is 22.3 Å². The van der Waals surface area contributed by atoms with E-state index >= 15 is 0 Å². The van der Waals surface area contributed by atoms with E-state index < -0.39 is 18.1 Å². The molecule has 3 rings (SSSR count). The molecule has 0 saturated carbocycles. The first kappa shape index (κ1) is 17.9. The van der Waals surface area contributed by atoms with Crippen molar-refractivity contribution in [3.05, 3.63) is 59.7 Å². The molecule has 0 aliphatic heterocycles. The summed E-state index contributed by atoms with van der Waals surface area (Å²) in [5, 5.41) is 14.2. The molecule has 136 valence electrons. The van der Waals surface area contributed by atoms with Gasteiger partial charge in [-0.1, -0.05) is 48.5 Å². The molecule has 1 aliphatic carbocycles. The molecule has 0 aromatic heterocycles. The summed E-state index contributed by atoms with van der Waals surface area (Å²) in [6.07, 6.45) is -0.503. The first-order chi connectivity index (χ1) is 12.6. The molecular weight excluding hydrogens is 332 g/mol. The van der Waals surface area contributed by atoms with Gasteiger partial charge in [0.05, 0.1) is 0 Å². The van der Waals surface area contributed by atoms with Crippen molar-refractivity contribution in [1.82, 2.24) is 10.6 Å². The number of hydrogen-bond acceptors (Lipinski definition) is 4. The van der Waals surface area contributed by atoms with E-state index in [0.717, 1.165) is 0 Å². The summed E-state index contributed by atoms with van der Waals surface area (Å²) in [7, 11) is 0. The van der Waals surface area contributed by atoms with Crippen molar-refractivity contribution in [2.75, 3.05) is 19.7 Å². The van der Waals surface area contributed by atoms with Crippen LogP contribution in [0.15, 0.2) is 48.5 Å². The summed E-state index contributed by atoms with van der Waals surface area (Å²) in [4.78, 5) is 22.6. The standard InChI is InChI=1S/C20H22N2O4/c1-13(19(23)24)21-10-11-22-20(25)26-12-18-16-8-4-2-6-14(16)15-7-3-5-9-17(15)18/h2-9,13,18,21H,10-12H2,1H3,(H,22,25)(H,23,24). The van der Waals surface area contributed by atoms with E-state index in [1.54, 1.807) is 6.92 Å². The summed E-state index contributed by atoms with van der Waals surface area (Å²) < 4.78 is 5.40. The van der Waals surface area contributed by atoms with Crippen molar-refractivity contribution < 1.29 is 19.4 Å². The Labute approximate surface area is 152 Å². The van der Waals surface area contributed by atoms with Crippen molar-refractivity contribution in [2.45, 2.75) is 18.9 Å². The van der Waals surface area contributed by atoms with Gasteiger partial charge in [0.25, 0.3) is 0 Å². The molecule has 0 radical (unpaired) electrons. The molecule has 2 aromatic carbocycles. The average molecular weight is 354 g/mol. The number of aliphatic carboxylic acids is 1. The van der Waals surface area contributed by atoms with Crippen molar-refractivity contribution in [3.63, 3.8) is 0 Å². The Kier molecular flexibility index (Phi) is 5.53. The van der Waals surface area contributed by atoms with Crippen LogP contribution in [0.1, 0.15) is 24.0 Å². The second kappa shape index (κ2) is 8.01. The lowest BCUT2D eigenvalue weighted by molar-refractivity contribution is -0.138. The van der Waals surface area contributed by atoms with Crippen LogP contribution in [0.25, 0.3) is 11.1 Å².